The van der Waals surface area contributed by atoms with Crippen LogP contribution in [0.2, 0.25) is 10.0 Å². The lowest BCUT2D eigenvalue weighted by Gasteiger charge is -2.34. The van der Waals surface area contributed by atoms with Gasteiger partial charge in [-0.1, -0.05) is 77.7 Å². The molecule has 220 valence electrons. The van der Waals surface area contributed by atoms with Gasteiger partial charge in [0.05, 0.1) is 20.6 Å². The van der Waals surface area contributed by atoms with Crippen molar-refractivity contribution in [1.29, 1.82) is 0 Å². The summed E-state index contributed by atoms with van der Waals surface area (Å²) in [4.78, 5) is 29.0. The van der Waals surface area contributed by atoms with Crippen LogP contribution < -0.4 is 9.62 Å². The first-order valence-electron chi connectivity index (χ1n) is 13.3. The van der Waals surface area contributed by atoms with E-state index < -0.39 is 34.1 Å². The number of anilines is 1. The number of benzene rings is 3. The summed E-state index contributed by atoms with van der Waals surface area (Å²) in [7, 11) is -4.21. The second kappa shape index (κ2) is 13.3. The van der Waals surface area contributed by atoms with E-state index in [1.165, 1.54) is 35.2 Å². The molecule has 0 aliphatic heterocycles. The van der Waals surface area contributed by atoms with Crippen molar-refractivity contribution in [2.45, 2.75) is 71.0 Å². The molecule has 0 bridgehead atoms. The summed E-state index contributed by atoms with van der Waals surface area (Å²) in [5.41, 5.74) is 2.41. The molecular weight excluding hydrogens is 581 g/mol. The molecular formula is C31H37Cl2N3O4S. The van der Waals surface area contributed by atoms with Gasteiger partial charge < -0.3 is 10.2 Å². The Morgan fingerprint density at radius 1 is 0.878 bits per heavy atom. The lowest BCUT2D eigenvalue weighted by Crippen LogP contribution is -2.55. The van der Waals surface area contributed by atoms with Gasteiger partial charge in [0.1, 0.15) is 12.6 Å². The highest BCUT2D eigenvalue weighted by atomic mass is 35.5. The number of nitrogens with zero attached hydrogens (tertiary/aromatic N) is 2. The number of sulfonamides is 1. The van der Waals surface area contributed by atoms with Gasteiger partial charge in [-0.05, 0) is 76.9 Å². The third kappa shape index (κ3) is 8.47. The van der Waals surface area contributed by atoms with Gasteiger partial charge in [-0.3, -0.25) is 13.9 Å². The van der Waals surface area contributed by atoms with Crippen LogP contribution in [0.1, 0.15) is 50.8 Å². The Bertz CT molecular complexity index is 1490. The monoisotopic (exact) mass is 617 g/mol. The summed E-state index contributed by atoms with van der Waals surface area (Å²) < 4.78 is 28.9. The minimum Gasteiger partial charge on any atom is -0.350 e. The number of rotatable bonds is 10. The number of nitrogens with one attached hydrogen (secondary N) is 1. The topological polar surface area (TPSA) is 86.8 Å². The molecule has 0 spiro atoms. The zero-order valence-electron chi connectivity index (χ0n) is 24.2. The predicted octanol–water partition coefficient (Wildman–Crippen LogP) is 6.53. The molecule has 7 nitrogen and oxygen atoms in total. The highest BCUT2D eigenvalue weighted by molar-refractivity contribution is 7.92. The van der Waals surface area contributed by atoms with Crippen molar-refractivity contribution in [3.8, 4) is 0 Å². The lowest BCUT2D eigenvalue weighted by atomic mass is 10.1. The number of amides is 2. The number of aryl methyl sites for hydroxylation is 2. The normalized spacial score (nSPS) is 12.5. The Morgan fingerprint density at radius 3 is 1.95 bits per heavy atom. The van der Waals surface area contributed by atoms with Crippen LogP contribution in [0.25, 0.3) is 0 Å². The van der Waals surface area contributed by atoms with Gasteiger partial charge in [0, 0.05) is 12.1 Å². The fraction of sp³-hybridized carbons (Fsp3) is 0.355. The summed E-state index contributed by atoms with van der Waals surface area (Å²) >= 11 is 12.4. The molecule has 1 unspecified atom stereocenters. The van der Waals surface area contributed by atoms with Gasteiger partial charge in [0.15, 0.2) is 0 Å². The smallest absolute Gasteiger partial charge is 0.264 e. The van der Waals surface area contributed by atoms with E-state index >= 15 is 0 Å². The molecule has 0 saturated heterocycles. The van der Waals surface area contributed by atoms with E-state index in [0.29, 0.717) is 6.42 Å². The minimum absolute atomic E-state index is 0.0181. The maximum Gasteiger partial charge on any atom is 0.264 e. The van der Waals surface area contributed by atoms with E-state index in [0.717, 1.165) is 21.0 Å². The average Bonchev–Trinajstić information content (AvgIpc) is 2.89. The second-order valence-corrected chi connectivity index (χ2v) is 13.8. The van der Waals surface area contributed by atoms with Gasteiger partial charge in [-0.15, -0.1) is 0 Å². The van der Waals surface area contributed by atoms with E-state index in [1.54, 1.807) is 12.1 Å². The van der Waals surface area contributed by atoms with Crippen molar-refractivity contribution < 1.29 is 18.0 Å². The van der Waals surface area contributed by atoms with Crippen LogP contribution in [0.3, 0.4) is 0 Å². The average molecular weight is 619 g/mol. The summed E-state index contributed by atoms with van der Waals surface area (Å²) in [6.07, 6.45) is 0.330. The first-order chi connectivity index (χ1) is 19.1. The van der Waals surface area contributed by atoms with Crippen LogP contribution >= 0.6 is 23.2 Å². The Balaban J connectivity index is 2.09. The number of carbonyl (C=O) groups excluding carboxylic acids is 2. The predicted molar refractivity (Wildman–Crippen MR) is 166 cm³/mol. The fourth-order valence-electron chi connectivity index (χ4n) is 4.27. The summed E-state index contributed by atoms with van der Waals surface area (Å²) in [5.74, 6) is -0.855. The number of hydrogen-bond donors (Lipinski definition) is 1. The molecule has 2 amide bonds. The SMILES string of the molecule is CCC(C(=O)NC(C)(C)C)N(Cc1ccc(C)cc1)C(=O)CN(c1ccc(Cl)c(Cl)c1)S(=O)(=O)c1ccc(C)cc1. The Kier molecular flexibility index (Phi) is 10.5. The molecule has 41 heavy (non-hydrogen) atoms. The maximum atomic E-state index is 14.1. The number of halogens is 2. The van der Waals surface area contributed by atoms with Crippen LogP contribution in [-0.2, 0) is 26.2 Å². The molecule has 1 N–H and O–H groups in total. The molecule has 1 atom stereocenters. The molecule has 0 saturated carbocycles. The van der Waals surface area contributed by atoms with Crippen molar-refractivity contribution in [2.24, 2.45) is 0 Å². The van der Waals surface area contributed by atoms with Crippen LogP contribution in [0.4, 0.5) is 5.69 Å². The quantitative estimate of drug-likeness (QED) is 0.280. The highest BCUT2D eigenvalue weighted by Gasteiger charge is 2.34. The van der Waals surface area contributed by atoms with Crippen molar-refractivity contribution in [3.05, 3.63) is 93.5 Å². The minimum atomic E-state index is -4.21. The Hall–Kier alpha value is -3.07. The molecule has 0 aliphatic carbocycles. The van der Waals surface area contributed by atoms with Gasteiger partial charge >= 0.3 is 0 Å². The van der Waals surface area contributed by atoms with Gasteiger partial charge in [-0.2, -0.15) is 0 Å². The van der Waals surface area contributed by atoms with Crippen LogP contribution in [0, 0.1) is 13.8 Å². The highest BCUT2D eigenvalue weighted by Crippen LogP contribution is 2.31. The van der Waals surface area contributed by atoms with Crippen molar-refractivity contribution in [2.75, 3.05) is 10.8 Å². The van der Waals surface area contributed by atoms with Crippen LogP contribution in [0.15, 0.2) is 71.6 Å². The molecule has 3 aromatic carbocycles. The van der Waals surface area contributed by atoms with Crippen LogP contribution in [0.5, 0.6) is 0 Å². The zero-order valence-corrected chi connectivity index (χ0v) is 26.6. The van der Waals surface area contributed by atoms with E-state index in [2.05, 4.69) is 5.32 Å². The molecule has 0 fully saturated rings. The molecule has 0 heterocycles. The second-order valence-electron chi connectivity index (χ2n) is 11.1. The van der Waals surface area contributed by atoms with E-state index in [9.17, 15) is 18.0 Å². The standard InChI is InChI=1S/C31H37Cl2N3O4S/c1-7-28(30(38)34-31(4,5)6)35(19-23-12-8-21(2)9-13-23)29(37)20-36(24-14-17-26(32)27(33)18-24)41(39,40)25-15-10-22(3)11-16-25/h8-18,28H,7,19-20H2,1-6H3,(H,34,38). The Labute approximate surface area is 253 Å². The van der Waals surface area contributed by atoms with Crippen LogP contribution in [-0.4, -0.2) is 43.3 Å². The zero-order chi connectivity index (χ0) is 30.5. The lowest BCUT2D eigenvalue weighted by molar-refractivity contribution is -0.141. The largest absolute Gasteiger partial charge is 0.350 e. The third-order valence-corrected chi connectivity index (χ3v) is 8.96. The fourth-order valence-corrected chi connectivity index (χ4v) is 5.97. The maximum absolute atomic E-state index is 14.1. The first-order valence-corrected chi connectivity index (χ1v) is 15.5. The van der Waals surface area contributed by atoms with E-state index in [-0.39, 0.29) is 33.1 Å². The molecule has 10 heteroatoms. The summed E-state index contributed by atoms with van der Waals surface area (Å²) in [5, 5.41) is 3.36. The Morgan fingerprint density at radius 2 is 1.44 bits per heavy atom. The first kappa shape index (κ1) is 32.4. The molecule has 3 aromatic rings. The third-order valence-electron chi connectivity index (χ3n) is 6.44. The number of hydrogen-bond acceptors (Lipinski definition) is 4. The van der Waals surface area contributed by atoms with Crippen molar-refractivity contribution in [1.82, 2.24) is 10.2 Å². The summed E-state index contributed by atoms with van der Waals surface area (Å²) in [6.45, 7) is 10.8. The van der Waals surface area contributed by atoms with Crippen molar-refractivity contribution in [3.63, 3.8) is 0 Å². The molecule has 3 rings (SSSR count). The van der Waals surface area contributed by atoms with Crippen molar-refractivity contribution >= 4 is 50.7 Å². The molecule has 0 aromatic heterocycles. The molecule has 0 radical (unpaired) electrons. The number of carbonyl (C=O) groups is 2. The van der Waals surface area contributed by atoms with Gasteiger partial charge in [0.25, 0.3) is 10.0 Å². The molecule has 0 aliphatic rings. The summed E-state index contributed by atoms with van der Waals surface area (Å²) in [6, 6.07) is 17.6. The van der Waals surface area contributed by atoms with E-state index in [4.69, 9.17) is 23.2 Å². The van der Waals surface area contributed by atoms with Gasteiger partial charge in [-0.25, -0.2) is 8.42 Å². The van der Waals surface area contributed by atoms with E-state index in [1.807, 2.05) is 65.8 Å². The van der Waals surface area contributed by atoms with Gasteiger partial charge in [0.2, 0.25) is 11.8 Å².